The normalized spacial score (nSPS) is 15.3. The molecule has 0 aliphatic heterocycles. The maximum Gasteiger partial charge on any atom is 0.145 e. The number of hydrogen-bond donors (Lipinski definition) is 2. The van der Waals surface area contributed by atoms with Gasteiger partial charge >= 0.3 is 0 Å². The van der Waals surface area contributed by atoms with Crippen molar-refractivity contribution in [2.75, 3.05) is 0 Å². The van der Waals surface area contributed by atoms with Gasteiger partial charge in [0, 0.05) is 11.6 Å². The van der Waals surface area contributed by atoms with Gasteiger partial charge in [-0.15, -0.1) is 0 Å². The summed E-state index contributed by atoms with van der Waals surface area (Å²) in [4.78, 5) is 0. The van der Waals surface area contributed by atoms with Gasteiger partial charge in [0.2, 0.25) is 0 Å². The fourth-order valence-electron chi connectivity index (χ4n) is 1.11. The van der Waals surface area contributed by atoms with Crippen LogP contribution in [0.1, 0.15) is 18.5 Å². The molecule has 2 unspecified atom stereocenters. The number of nitrogens with two attached hydrogens (primary N) is 2. The zero-order valence-corrected chi connectivity index (χ0v) is 9.18. The van der Waals surface area contributed by atoms with Gasteiger partial charge in [0.25, 0.3) is 0 Å². The maximum absolute atomic E-state index is 13.5. The summed E-state index contributed by atoms with van der Waals surface area (Å²) in [7, 11) is 0. The molecule has 1 aromatic rings. The SMILES string of the molecule is CC(N)C(N)c1c(F)ccc(Br)c1F. The van der Waals surface area contributed by atoms with Gasteiger partial charge in [-0.2, -0.15) is 0 Å². The lowest BCUT2D eigenvalue weighted by molar-refractivity contribution is 0.490. The van der Waals surface area contributed by atoms with Crippen LogP contribution in [0.2, 0.25) is 0 Å². The Balaban J connectivity index is 3.25. The van der Waals surface area contributed by atoms with Crippen LogP contribution in [0.25, 0.3) is 0 Å². The van der Waals surface area contributed by atoms with Crippen LogP contribution in [-0.2, 0) is 0 Å². The molecule has 0 bridgehead atoms. The summed E-state index contributed by atoms with van der Waals surface area (Å²) in [6.07, 6.45) is 0. The monoisotopic (exact) mass is 264 g/mol. The summed E-state index contributed by atoms with van der Waals surface area (Å²) in [5.74, 6) is -1.36. The molecule has 4 N–H and O–H groups in total. The van der Waals surface area contributed by atoms with E-state index >= 15 is 0 Å². The van der Waals surface area contributed by atoms with Crippen LogP contribution in [0.15, 0.2) is 16.6 Å². The van der Waals surface area contributed by atoms with Crippen molar-refractivity contribution in [1.29, 1.82) is 0 Å². The summed E-state index contributed by atoms with van der Waals surface area (Å²) in [6, 6.07) is 1.10. The third-order valence-electron chi connectivity index (χ3n) is 1.98. The van der Waals surface area contributed by atoms with Crippen LogP contribution < -0.4 is 11.5 Å². The molecule has 0 saturated heterocycles. The highest BCUT2D eigenvalue weighted by molar-refractivity contribution is 9.10. The highest BCUT2D eigenvalue weighted by Crippen LogP contribution is 2.26. The van der Waals surface area contributed by atoms with Crippen LogP contribution in [0.5, 0.6) is 0 Å². The minimum absolute atomic E-state index is 0.172. The summed E-state index contributed by atoms with van der Waals surface area (Å²) in [5, 5.41) is 0. The second-order valence-electron chi connectivity index (χ2n) is 3.14. The molecule has 5 heteroatoms. The molecule has 0 fully saturated rings. The highest BCUT2D eigenvalue weighted by atomic mass is 79.9. The molecule has 0 radical (unpaired) electrons. The summed E-state index contributed by atoms with van der Waals surface area (Å²) in [5.41, 5.74) is 10.9. The van der Waals surface area contributed by atoms with Gasteiger partial charge in [-0.25, -0.2) is 8.78 Å². The third kappa shape index (κ3) is 2.10. The number of hydrogen-bond acceptors (Lipinski definition) is 2. The lowest BCUT2D eigenvalue weighted by atomic mass is 10.0. The lowest BCUT2D eigenvalue weighted by Gasteiger charge is -2.17. The molecule has 0 spiro atoms. The van der Waals surface area contributed by atoms with Gasteiger partial charge in [0.15, 0.2) is 0 Å². The van der Waals surface area contributed by atoms with E-state index in [-0.39, 0.29) is 10.0 Å². The Bertz CT molecular complexity index is 342. The largest absolute Gasteiger partial charge is 0.326 e. The molecule has 0 saturated carbocycles. The first-order valence-corrected chi connectivity index (χ1v) is 4.89. The van der Waals surface area contributed by atoms with E-state index in [0.717, 1.165) is 6.07 Å². The summed E-state index contributed by atoms with van der Waals surface area (Å²) in [6.45, 7) is 1.60. The van der Waals surface area contributed by atoms with Crippen molar-refractivity contribution in [3.05, 3.63) is 33.8 Å². The van der Waals surface area contributed by atoms with Crippen molar-refractivity contribution < 1.29 is 8.78 Å². The zero-order valence-electron chi connectivity index (χ0n) is 7.60. The van der Waals surface area contributed by atoms with Crippen molar-refractivity contribution >= 4 is 15.9 Å². The molecule has 1 rings (SSSR count). The molecule has 2 atom stereocenters. The van der Waals surface area contributed by atoms with Gasteiger partial charge in [-0.3, -0.25) is 0 Å². The molecular weight excluding hydrogens is 254 g/mol. The molecule has 0 aromatic heterocycles. The van der Waals surface area contributed by atoms with Gasteiger partial charge < -0.3 is 11.5 Å². The fraction of sp³-hybridized carbons (Fsp3) is 0.333. The minimum Gasteiger partial charge on any atom is -0.326 e. The molecular formula is C9H11BrF2N2. The van der Waals surface area contributed by atoms with E-state index in [4.69, 9.17) is 11.5 Å². The average molecular weight is 265 g/mol. The second-order valence-corrected chi connectivity index (χ2v) is 4.00. The Morgan fingerprint density at radius 2 is 1.86 bits per heavy atom. The van der Waals surface area contributed by atoms with E-state index in [1.54, 1.807) is 6.92 Å². The average Bonchev–Trinajstić information content (AvgIpc) is 2.12. The van der Waals surface area contributed by atoms with E-state index in [0.29, 0.717) is 0 Å². The first kappa shape index (κ1) is 11.6. The first-order chi connectivity index (χ1) is 6.45. The zero-order chi connectivity index (χ0) is 10.9. The molecule has 1 aromatic carbocycles. The fourth-order valence-corrected chi connectivity index (χ4v) is 1.46. The van der Waals surface area contributed by atoms with Gasteiger partial charge in [0.1, 0.15) is 11.6 Å². The Morgan fingerprint density at radius 3 is 2.36 bits per heavy atom. The van der Waals surface area contributed by atoms with Crippen molar-refractivity contribution in [2.45, 2.75) is 19.0 Å². The number of benzene rings is 1. The third-order valence-corrected chi connectivity index (χ3v) is 2.59. The van der Waals surface area contributed by atoms with Crippen molar-refractivity contribution in [2.24, 2.45) is 11.5 Å². The second kappa shape index (κ2) is 4.33. The predicted octanol–water partition coefficient (Wildman–Crippen LogP) is 2.07. The Labute approximate surface area is 89.4 Å². The number of rotatable bonds is 2. The lowest BCUT2D eigenvalue weighted by Crippen LogP contribution is -2.32. The topological polar surface area (TPSA) is 52.0 Å². The van der Waals surface area contributed by atoms with Gasteiger partial charge in [-0.1, -0.05) is 0 Å². The molecule has 78 valence electrons. The maximum atomic E-state index is 13.5. The van der Waals surface area contributed by atoms with E-state index < -0.39 is 23.7 Å². The Morgan fingerprint density at radius 1 is 1.29 bits per heavy atom. The van der Waals surface area contributed by atoms with Crippen LogP contribution in [0.3, 0.4) is 0 Å². The van der Waals surface area contributed by atoms with E-state index in [1.807, 2.05) is 0 Å². The smallest absolute Gasteiger partial charge is 0.145 e. The summed E-state index contributed by atoms with van der Waals surface area (Å²) >= 11 is 2.96. The Hall–Kier alpha value is -0.520. The molecule has 14 heavy (non-hydrogen) atoms. The highest BCUT2D eigenvalue weighted by Gasteiger charge is 2.21. The van der Waals surface area contributed by atoms with Gasteiger partial charge in [0.05, 0.1) is 10.5 Å². The molecule has 0 amide bonds. The molecule has 0 heterocycles. The molecule has 0 aliphatic rings. The molecule has 0 aliphatic carbocycles. The van der Waals surface area contributed by atoms with E-state index in [1.165, 1.54) is 6.07 Å². The minimum atomic E-state index is -0.840. The van der Waals surface area contributed by atoms with Crippen LogP contribution in [0.4, 0.5) is 8.78 Å². The van der Waals surface area contributed by atoms with E-state index in [9.17, 15) is 8.78 Å². The van der Waals surface area contributed by atoms with Crippen LogP contribution in [0, 0.1) is 11.6 Å². The Kier molecular flexibility index (Phi) is 3.58. The van der Waals surface area contributed by atoms with Crippen molar-refractivity contribution in [3.8, 4) is 0 Å². The van der Waals surface area contributed by atoms with Gasteiger partial charge in [-0.05, 0) is 35.0 Å². The van der Waals surface area contributed by atoms with E-state index in [2.05, 4.69) is 15.9 Å². The van der Waals surface area contributed by atoms with Crippen LogP contribution in [-0.4, -0.2) is 6.04 Å². The quantitative estimate of drug-likeness (QED) is 0.804. The first-order valence-electron chi connectivity index (χ1n) is 4.09. The van der Waals surface area contributed by atoms with Crippen molar-refractivity contribution in [1.82, 2.24) is 0 Å². The van der Waals surface area contributed by atoms with Crippen LogP contribution >= 0.6 is 15.9 Å². The summed E-state index contributed by atoms with van der Waals surface area (Å²) < 4.78 is 26.9. The molecule has 2 nitrogen and oxygen atoms in total. The van der Waals surface area contributed by atoms with Crippen molar-refractivity contribution in [3.63, 3.8) is 0 Å². The predicted molar refractivity (Wildman–Crippen MR) is 54.6 cm³/mol. The standard InChI is InChI=1S/C9H11BrF2N2/c1-4(13)9(14)7-6(11)3-2-5(10)8(7)12/h2-4,9H,13-14H2,1H3. The number of halogens is 3.